The Hall–Kier alpha value is -0.0551. The van der Waals surface area contributed by atoms with Gasteiger partial charge in [0.1, 0.15) is 0 Å². The Kier molecular flexibility index (Phi) is 2.93. The Bertz CT molecular complexity index is 130. The van der Waals surface area contributed by atoms with E-state index in [0.717, 1.165) is 12.3 Å². The van der Waals surface area contributed by atoms with Gasteiger partial charge in [0, 0.05) is 19.1 Å². The van der Waals surface area contributed by atoms with Crippen molar-refractivity contribution in [2.24, 2.45) is 17.4 Å². The van der Waals surface area contributed by atoms with E-state index in [1.165, 1.54) is 12.8 Å². The second kappa shape index (κ2) is 3.56. The molecular formula is C7H16BN2O. The topological polar surface area (TPSA) is 61.3 Å². The van der Waals surface area contributed by atoms with Crippen LogP contribution in [0.25, 0.3) is 0 Å². The molecule has 1 rings (SSSR count). The summed E-state index contributed by atoms with van der Waals surface area (Å²) in [7, 11) is 3.27. The van der Waals surface area contributed by atoms with Gasteiger partial charge in [0.2, 0.25) is 0 Å². The predicted molar refractivity (Wildman–Crippen MR) is 46.1 cm³/mol. The Morgan fingerprint density at radius 1 is 1.64 bits per heavy atom. The molecule has 1 aliphatic carbocycles. The van der Waals surface area contributed by atoms with Crippen molar-refractivity contribution in [1.29, 1.82) is 0 Å². The van der Waals surface area contributed by atoms with Crippen LogP contribution < -0.4 is 11.5 Å². The van der Waals surface area contributed by atoms with Crippen molar-refractivity contribution in [2.75, 3.05) is 13.7 Å². The summed E-state index contributed by atoms with van der Waals surface area (Å²) in [5, 5.41) is 0. The third-order valence-electron chi connectivity index (χ3n) is 2.10. The number of hydrogen-bond donors (Lipinski definition) is 2. The van der Waals surface area contributed by atoms with E-state index in [1.807, 2.05) is 0 Å². The van der Waals surface area contributed by atoms with Crippen LogP contribution in [0.1, 0.15) is 19.3 Å². The van der Waals surface area contributed by atoms with Gasteiger partial charge < -0.3 is 16.1 Å². The minimum Gasteiger partial charge on any atom is -0.441 e. The van der Waals surface area contributed by atoms with Crippen molar-refractivity contribution in [2.45, 2.75) is 24.7 Å². The van der Waals surface area contributed by atoms with Crippen LogP contribution in [0.5, 0.6) is 0 Å². The number of rotatable bonds is 5. The molecule has 0 amide bonds. The van der Waals surface area contributed by atoms with Gasteiger partial charge in [-0.1, -0.05) is 12.8 Å². The van der Waals surface area contributed by atoms with Crippen molar-refractivity contribution < 1.29 is 4.65 Å². The average Bonchev–Trinajstić information content (AvgIpc) is 2.73. The first-order valence-corrected chi connectivity index (χ1v) is 4.06. The monoisotopic (exact) mass is 155 g/mol. The molecule has 0 heterocycles. The molecule has 0 spiro atoms. The molecule has 1 saturated carbocycles. The summed E-state index contributed by atoms with van der Waals surface area (Å²) in [5.41, 5.74) is 11.1. The molecule has 0 aromatic heterocycles. The van der Waals surface area contributed by atoms with Crippen molar-refractivity contribution in [3.63, 3.8) is 0 Å². The van der Waals surface area contributed by atoms with E-state index in [9.17, 15) is 0 Å². The molecule has 0 unspecified atom stereocenters. The van der Waals surface area contributed by atoms with Crippen LogP contribution in [0.4, 0.5) is 0 Å². The van der Waals surface area contributed by atoms with E-state index in [-0.39, 0.29) is 0 Å². The van der Waals surface area contributed by atoms with E-state index >= 15 is 0 Å². The lowest BCUT2D eigenvalue weighted by molar-refractivity contribution is 0.385. The molecule has 4 heteroatoms. The van der Waals surface area contributed by atoms with Crippen molar-refractivity contribution in [1.82, 2.24) is 0 Å². The molecule has 0 aliphatic heterocycles. The largest absolute Gasteiger partial charge is 0.441 e. The first-order chi connectivity index (χ1) is 5.20. The highest BCUT2D eigenvalue weighted by atomic mass is 16.4. The summed E-state index contributed by atoms with van der Waals surface area (Å²) in [6, 6.07) is 0. The van der Waals surface area contributed by atoms with E-state index in [2.05, 4.69) is 0 Å². The molecule has 1 radical (unpaired) electrons. The second-order valence-corrected chi connectivity index (χ2v) is 3.44. The third-order valence-corrected chi connectivity index (χ3v) is 2.10. The first kappa shape index (κ1) is 9.04. The third kappa shape index (κ3) is 2.81. The fourth-order valence-corrected chi connectivity index (χ4v) is 1.27. The van der Waals surface area contributed by atoms with Crippen LogP contribution in [0, 0.1) is 5.92 Å². The van der Waals surface area contributed by atoms with Gasteiger partial charge in [-0.25, -0.2) is 0 Å². The van der Waals surface area contributed by atoms with Gasteiger partial charge in [0.25, 0.3) is 0 Å². The zero-order valence-electron chi connectivity index (χ0n) is 7.05. The minimum absolute atomic E-state index is 0.393. The normalized spacial score (nSPS) is 22.8. The molecular weight excluding hydrogens is 139 g/mol. The van der Waals surface area contributed by atoms with E-state index in [4.69, 9.17) is 16.1 Å². The Morgan fingerprint density at radius 3 is 2.64 bits per heavy atom. The zero-order valence-corrected chi connectivity index (χ0v) is 7.05. The van der Waals surface area contributed by atoms with E-state index < -0.39 is 5.44 Å². The molecule has 11 heavy (non-hydrogen) atoms. The van der Waals surface area contributed by atoms with Crippen LogP contribution in [0.2, 0.25) is 0 Å². The fraction of sp³-hybridized carbons (Fsp3) is 1.00. The molecule has 63 valence electrons. The molecule has 1 aliphatic rings. The molecule has 0 aromatic carbocycles. The van der Waals surface area contributed by atoms with Gasteiger partial charge in [-0.2, -0.15) is 0 Å². The van der Waals surface area contributed by atoms with E-state index in [0.29, 0.717) is 6.54 Å². The molecule has 1 fully saturated rings. The predicted octanol–water partition coefficient (Wildman–Crippen LogP) is -0.334. The van der Waals surface area contributed by atoms with Gasteiger partial charge in [0.15, 0.2) is 0 Å². The van der Waals surface area contributed by atoms with Gasteiger partial charge in [-0.05, 0) is 12.3 Å². The summed E-state index contributed by atoms with van der Waals surface area (Å²) in [4.78, 5) is 0. The lowest BCUT2D eigenvalue weighted by atomic mass is 9.69. The lowest BCUT2D eigenvalue weighted by Gasteiger charge is -2.25. The summed E-state index contributed by atoms with van der Waals surface area (Å²) in [5.74, 6) is 0.787. The molecule has 1 atom stereocenters. The summed E-state index contributed by atoms with van der Waals surface area (Å²) in [6.07, 6.45) is 3.57. The van der Waals surface area contributed by atoms with Crippen molar-refractivity contribution >= 4 is 7.48 Å². The quantitative estimate of drug-likeness (QED) is 0.534. The molecule has 4 N–H and O–H groups in total. The Balaban J connectivity index is 2.29. The maximum atomic E-state index is 5.94. The van der Waals surface area contributed by atoms with Crippen LogP contribution in [0.15, 0.2) is 0 Å². The maximum absolute atomic E-state index is 5.94. The number of nitrogens with two attached hydrogens (primary N) is 2. The molecule has 3 nitrogen and oxygen atoms in total. The van der Waals surface area contributed by atoms with Crippen molar-refractivity contribution in [3.8, 4) is 0 Å². The second-order valence-electron chi connectivity index (χ2n) is 3.44. The highest BCUT2D eigenvalue weighted by Gasteiger charge is 2.34. The molecule has 0 saturated heterocycles. The van der Waals surface area contributed by atoms with Gasteiger partial charge in [-0.3, -0.25) is 0 Å². The van der Waals surface area contributed by atoms with Crippen molar-refractivity contribution in [3.05, 3.63) is 0 Å². The standard InChI is InChI=1S/C7H16BN2O/c1-11-8-7(10,5-9)4-6-2-3-6/h6H,2-5,9-10H2,1H3/t7-/m1/s1. The Labute approximate surface area is 68.7 Å². The summed E-state index contributed by atoms with van der Waals surface area (Å²) >= 11 is 0. The maximum Gasteiger partial charge on any atom is 0.314 e. The minimum atomic E-state index is -0.393. The highest BCUT2D eigenvalue weighted by molar-refractivity contribution is 6.32. The Morgan fingerprint density at radius 2 is 2.27 bits per heavy atom. The zero-order chi connectivity index (χ0) is 8.32. The molecule has 0 aromatic rings. The fourth-order valence-electron chi connectivity index (χ4n) is 1.27. The summed E-state index contributed by atoms with van der Waals surface area (Å²) < 4.78 is 4.90. The molecule has 0 bridgehead atoms. The highest BCUT2D eigenvalue weighted by Crippen LogP contribution is 2.35. The van der Waals surface area contributed by atoms with Gasteiger partial charge in [-0.15, -0.1) is 0 Å². The van der Waals surface area contributed by atoms with Crippen LogP contribution >= 0.6 is 0 Å². The SMILES string of the molecule is CO[B][C@](N)(CN)CC1CC1. The van der Waals surface area contributed by atoms with Gasteiger partial charge in [0.05, 0.1) is 0 Å². The van der Waals surface area contributed by atoms with Gasteiger partial charge >= 0.3 is 7.48 Å². The smallest absolute Gasteiger partial charge is 0.314 e. The first-order valence-electron chi connectivity index (χ1n) is 4.06. The van der Waals surface area contributed by atoms with Crippen LogP contribution in [-0.2, 0) is 4.65 Å². The average molecular weight is 155 g/mol. The number of hydrogen-bond acceptors (Lipinski definition) is 3. The van der Waals surface area contributed by atoms with Crippen LogP contribution in [0.3, 0.4) is 0 Å². The van der Waals surface area contributed by atoms with E-state index in [1.54, 1.807) is 14.6 Å². The summed E-state index contributed by atoms with van der Waals surface area (Å²) in [6.45, 7) is 0.470. The lowest BCUT2D eigenvalue weighted by Crippen LogP contribution is -2.53. The van der Waals surface area contributed by atoms with Crippen LogP contribution in [-0.4, -0.2) is 26.6 Å².